The Hall–Kier alpha value is -1.66. The number of nitrogens with one attached hydrogen (secondary N) is 1. The number of aromatic nitrogens is 2. The van der Waals surface area contributed by atoms with Gasteiger partial charge in [0.1, 0.15) is 0 Å². The summed E-state index contributed by atoms with van der Waals surface area (Å²) < 4.78 is 7.50. The lowest BCUT2D eigenvalue weighted by atomic mass is 10.2. The molecule has 5 nitrogen and oxygen atoms in total. The predicted octanol–water partition coefficient (Wildman–Crippen LogP) is 2.74. The zero-order chi connectivity index (χ0) is 14.7. The van der Waals surface area contributed by atoms with Crippen molar-refractivity contribution in [2.45, 2.75) is 13.5 Å². The number of benzene rings is 1. The van der Waals surface area contributed by atoms with E-state index in [4.69, 9.17) is 4.74 Å². The zero-order valence-corrected chi connectivity index (χ0v) is 13.2. The first kappa shape index (κ1) is 14.7. The van der Waals surface area contributed by atoms with Crippen molar-refractivity contribution in [2.75, 3.05) is 12.4 Å². The highest BCUT2D eigenvalue weighted by atomic mass is 79.9. The molecule has 20 heavy (non-hydrogen) atoms. The van der Waals surface area contributed by atoms with Crippen molar-refractivity contribution in [1.82, 2.24) is 9.55 Å². The van der Waals surface area contributed by atoms with E-state index >= 15 is 0 Å². The van der Waals surface area contributed by atoms with Crippen LogP contribution >= 0.6 is 15.9 Å². The predicted molar refractivity (Wildman–Crippen MR) is 82.4 cm³/mol. The largest absolute Gasteiger partial charge is 0.378 e. The number of nitrogens with zero attached hydrogens (tertiary/aromatic N) is 2. The highest BCUT2D eigenvalue weighted by molar-refractivity contribution is 9.10. The van der Waals surface area contributed by atoms with Crippen LogP contribution in [0.25, 0.3) is 0 Å². The second-order valence-electron chi connectivity index (χ2n) is 4.44. The van der Waals surface area contributed by atoms with Crippen LogP contribution in [0.5, 0.6) is 0 Å². The molecule has 0 atom stereocenters. The fraction of sp³-hybridized carbons (Fsp3) is 0.286. The standard InChI is InChI=1S/C14H16BrN3O2/c1-9-11(15)5-4-6-12(9)17-14-16-10(8-20-3)7-13(19)18(14)2/h4-7H,8H2,1-3H3,(H,16,17). The van der Waals surface area contributed by atoms with Gasteiger partial charge in [0.15, 0.2) is 0 Å². The Kier molecular flexibility index (Phi) is 4.57. The van der Waals surface area contributed by atoms with Crippen molar-refractivity contribution in [3.63, 3.8) is 0 Å². The Bertz CT molecular complexity index is 683. The van der Waals surface area contributed by atoms with Crippen LogP contribution in [0.4, 0.5) is 11.6 Å². The molecule has 0 aliphatic rings. The topological polar surface area (TPSA) is 56.1 Å². The molecular formula is C14H16BrN3O2. The second kappa shape index (κ2) is 6.19. The summed E-state index contributed by atoms with van der Waals surface area (Å²) in [5.41, 5.74) is 2.43. The van der Waals surface area contributed by atoms with Gasteiger partial charge in [-0.15, -0.1) is 0 Å². The molecule has 0 fully saturated rings. The van der Waals surface area contributed by atoms with Gasteiger partial charge in [-0.05, 0) is 24.6 Å². The quantitative estimate of drug-likeness (QED) is 0.931. The van der Waals surface area contributed by atoms with Crippen molar-refractivity contribution in [1.29, 1.82) is 0 Å². The van der Waals surface area contributed by atoms with Gasteiger partial charge in [0.2, 0.25) is 5.95 Å². The maximum atomic E-state index is 11.9. The van der Waals surface area contributed by atoms with E-state index in [9.17, 15) is 4.79 Å². The summed E-state index contributed by atoms with van der Waals surface area (Å²) in [5, 5.41) is 3.19. The van der Waals surface area contributed by atoms with Crippen molar-refractivity contribution in [3.05, 3.63) is 50.3 Å². The fourth-order valence-electron chi connectivity index (χ4n) is 1.78. The SMILES string of the molecule is COCc1cc(=O)n(C)c(Nc2cccc(Br)c2C)n1. The Morgan fingerprint density at radius 3 is 2.90 bits per heavy atom. The number of hydrogen-bond donors (Lipinski definition) is 1. The van der Waals surface area contributed by atoms with E-state index in [1.165, 1.54) is 10.6 Å². The first-order valence-electron chi connectivity index (χ1n) is 6.11. The van der Waals surface area contributed by atoms with E-state index in [1.807, 2.05) is 25.1 Å². The summed E-state index contributed by atoms with van der Waals surface area (Å²) in [6.07, 6.45) is 0. The number of rotatable bonds is 4. The maximum absolute atomic E-state index is 11.9. The first-order valence-corrected chi connectivity index (χ1v) is 6.90. The molecule has 0 spiro atoms. The summed E-state index contributed by atoms with van der Waals surface area (Å²) in [7, 11) is 3.26. The molecule has 6 heteroatoms. The third-order valence-electron chi connectivity index (χ3n) is 2.99. The van der Waals surface area contributed by atoms with Crippen LogP contribution < -0.4 is 10.9 Å². The maximum Gasteiger partial charge on any atom is 0.254 e. The van der Waals surface area contributed by atoms with Crippen LogP contribution in [0, 0.1) is 6.92 Å². The third kappa shape index (κ3) is 3.08. The van der Waals surface area contributed by atoms with Crippen LogP contribution in [0.3, 0.4) is 0 Å². The van der Waals surface area contributed by atoms with Crippen LogP contribution in [-0.2, 0) is 18.4 Å². The summed E-state index contributed by atoms with van der Waals surface area (Å²) in [5.74, 6) is 0.491. The molecular weight excluding hydrogens is 322 g/mol. The zero-order valence-electron chi connectivity index (χ0n) is 11.6. The molecule has 0 radical (unpaired) electrons. The van der Waals surface area contributed by atoms with Gasteiger partial charge in [0.25, 0.3) is 5.56 Å². The first-order chi connectivity index (χ1) is 9.52. The number of halogens is 1. The minimum atomic E-state index is -0.123. The molecule has 2 aromatic rings. The highest BCUT2D eigenvalue weighted by Gasteiger charge is 2.08. The average molecular weight is 338 g/mol. The Morgan fingerprint density at radius 2 is 2.20 bits per heavy atom. The van der Waals surface area contributed by atoms with Crippen LogP contribution in [0.15, 0.2) is 33.5 Å². The summed E-state index contributed by atoms with van der Waals surface area (Å²) in [4.78, 5) is 16.3. The van der Waals surface area contributed by atoms with Gasteiger partial charge in [-0.25, -0.2) is 4.98 Å². The Morgan fingerprint density at radius 1 is 1.45 bits per heavy atom. The van der Waals surface area contributed by atoms with Crippen molar-refractivity contribution < 1.29 is 4.74 Å². The fourth-order valence-corrected chi connectivity index (χ4v) is 2.15. The molecule has 1 aromatic heterocycles. The molecule has 0 aliphatic heterocycles. The summed E-state index contributed by atoms with van der Waals surface area (Å²) in [6, 6.07) is 7.31. The van der Waals surface area contributed by atoms with E-state index < -0.39 is 0 Å². The average Bonchev–Trinajstić information content (AvgIpc) is 2.41. The van der Waals surface area contributed by atoms with Crippen LogP contribution in [0.1, 0.15) is 11.3 Å². The molecule has 0 saturated carbocycles. The lowest BCUT2D eigenvalue weighted by Crippen LogP contribution is -2.21. The molecule has 0 aliphatic carbocycles. The van der Waals surface area contributed by atoms with Gasteiger partial charge in [0, 0.05) is 30.4 Å². The van der Waals surface area contributed by atoms with E-state index in [1.54, 1.807) is 14.2 Å². The monoisotopic (exact) mass is 337 g/mol. The minimum Gasteiger partial charge on any atom is -0.378 e. The van der Waals surface area contributed by atoms with Gasteiger partial charge in [-0.3, -0.25) is 9.36 Å². The van der Waals surface area contributed by atoms with Gasteiger partial charge in [0.05, 0.1) is 12.3 Å². The van der Waals surface area contributed by atoms with Gasteiger partial charge in [-0.1, -0.05) is 22.0 Å². The molecule has 106 valence electrons. The Balaban J connectivity index is 2.42. The van der Waals surface area contributed by atoms with Crippen LogP contribution in [-0.4, -0.2) is 16.7 Å². The molecule has 0 amide bonds. The molecule has 1 aromatic carbocycles. The lowest BCUT2D eigenvalue weighted by Gasteiger charge is -2.13. The van der Waals surface area contributed by atoms with Crippen LogP contribution in [0.2, 0.25) is 0 Å². The number of ether oxygens (including phenoxy) is 1. The second-order valence-corrected chi connectivity index (χ2v) is 5.29. The lowest BCUT2D eigenvalue weighted by molar-refractivity contribution is 0.181. The summed E-state index contributed by atoms with van der Waals surface area (Å²) >= 11 is 3.48. The van der Waals surface area contributed by atoms with Gasteiger partial charge >= 0.3 is 0 Å². The minimum absolute atomic E-state index is 0.123. The molecule has 0 saturated heterocycles. The normalized spacial score (nSPS) is 10.6. The molecule has 1 N–H and O–H groups in total. The van der Waals surface area contributed by atoms with Crippen molar-refractivity contribution >= 4 is 27.6 Å². The number of hydrogen-bond acceptors (Lipinski definition) is 4. The molecule has 0 bridgehead atoms. The molecule has 2 rings (SSSR count). The summed E-state index contributed by atoms with van der Waals surface area (Å²) in [6.45, 7) is 2.30. The highest BCUT2D eigenvalue weighted by Crippen LogP contribution is 2.25. The number of anilines is 2. The third-order valence-corrected chi connectivity index (χ3v) is 3.85. The van der Waals surface area contributed by atoms with E-state index in [0.717, 1.165) is 15.7 Å². The van der Waals surface area contributed by atoms with E-state index in [2.05, 4.69) is 26.2 Å². The number of methoxy groups -OCH3 is 1. The van der Waals surface area contributed by atoms with Gasteiger partial charge < -0.3 is 10.1 Å². The smallest absolute Gasteiger partial charge is 0.254 e. The van der Waals surface area contributed by atoms with Crippen molar-refractivity contribution in [2.24, 2.45) is 7.05 Å². The van der Waals surface area contributed by atoms with E-state index in [0.29, 0.717) is 18.2 Å². The molecule has 0 unspecified atom stereocenters. The van der Waals surface area contributed by atoms with E-state index in [-0.39, 0.29) is 5.56 Å². The van der Waals surface area contributed by atoms with Gasteiger partial charge in [-0.2, -0.15) is 0 Å². The Labute approximate surface area is 125 Å². The molecule has 1 heterocycles. The van der Waals surface area contributed by atoms with Crippen molar-refractivity contribution in [3.8, 4) is 0 Å².